The van der Waals surface area contributed by atoms with Crippen LogP contribution in [0.25, 0.3) is 0 Å². The lowest BCUT2D eigenvalue weighted by molar-refractivity contribution is 0.290. The number of aromatic nitrogens is 2. The molecule has 0 spiro atoms. The molecule has 2 N–H and O–H groups in total. The largest absolute Gasteiger partial charge is 0.314 e. The van der Waals surface area contributed by atoms with Crippen molar-refractivity contribution in [3.63, 3.8) is 0 Å². The summed E-state index contributed by atoms with van der Waals surface area (Å²) >= 11 is 3.55. The summed E-state index contributed by atoms with van der Waals surface area (Å²) in [6, 6.07) is 9.42. The number of nitrogens with zero attached hydrogens (tertiary/aromatic N) is 1. The second-order valence-electron chi connectivity index (χ2n) is 6.00. The van der Waals surface area contributed by atoms with Crippen molar-refractivity contribution in [3.05, 3.63) is 51.8 Å². The SMILES string of the molecule is Cc1[nH]ncc1CCCNC1CC(c2cccc(Br)c2)C1. The molecule has 1 heterocycles. The lowest BCUT2D eigenvalue weighted by Gasteiger charge is -2.36. The molecule has 3 rings (SSSR count). The van der Waals surface area contributed by atoms with Gasteiger partial charge >= 0.3 is 0 Å². The molecule has 1 aromatic carbocycles. The van der Waals surface area contributed by atoms with Crippen LogP contribution in [0.5, 0.6) is 0 Å². The Bertz CT molecular complexity index is 587. The highest BCUT2D eigenvalue weighted by Crippen LogP contribution is 2.37. The number of halogens is 1. The van der Waals surface area contributed by atoms with E-state index in [4.69, 9.17) is 0 Å². The van der Waals surface area contributed by atoms with Crippen molar-refractivity contribution in [2.45, 2.75) is 44.6 Å². The summed E-state index contributed by atoms with van der Waals surface area (Å²) in [6.07, 6.45) is 6.76. The fraction of sp³-hybridized carbons (Fsp3) is 0.471. The first-order valence-electron chi connectivity index (χ1n) is 7.70. The summed E-state index contributed by atoms with van der Waals surface area (Å²) in [4.78, 5) is 0. The number of aryl methyl sites for hydroxylation is 2. The van der Waals surface area contributed by atoms with Crippen LogP contribution in [-0.4, -0.2) is 22.8 Å². The Morgan fingerprint density at radius 2 is 2.24 bits per heavy atom. The number of nitrogens with one attached hydrogen (secondary N) is 2. The summed E-state index contributed by atoms with van der Waals surface area (Å²) in [5, 5.41) is 10.7. The third-order valence-electron chi connectivity index (χ3n) is 4.45. The molecule has 0 bridgehead atoms. The topological polar surface area (TPSA) is 40.7 Å². The normalized spacial score (nSPS) is 21.2. The molecule has 3 nitrogen and oxygen atoms in total. The molecule has 0 saturated heterocycles. The van der Waals surface area contributed by atoms with E-state index in [2.05, 4.69) is 62.6 Å². The highest BCUT2D eigenvalue weighted by atomic mass is 79.9. The molecule has 0 aliphatic heterocycles. The number of aromatic amines is 1. The fourth-order valence-electron chi connectivity index (χ4n) is 3.03. The zero-order valence-electron chi connectivity index (χ0n) is 12.4. The van der Waals surface area contributed by atoms with Gasteiger partial charge in [-0.25, -0.2) is 0 Å². The van der Waals surface area contributed by atoms with Crippen molar-refractivity contribution in [2.24, 2.45) is 0 Å². The summed E-state index contributed by atoms with van der Waals surface area (Å²) in [5.74, 6) is 0.733. The maximum Gasteiger partial charge on any atom is 0.0522 e. The molecule has 1 saturated carbocycles. The van der Waals surface area contributed by atoms with Crippen LogP contribution in [-0.2, 0) is 6.42 Å². The van der Waals surface area contributed by atoms with Crippen molar-refractivity contribution >= 4 is 15.9 Å². The molecule has 1 aliphatic rings. The van der Waals surface area contributed by atoms with Crippen LogP contribution in [0, 0.1) is 6.92 Å². The van der Waals surface area contributed by atoms with E-state index in [-0.39, 0.29) is 0 Å². The second kappa shape index (κ2) is 6.75. The average molecular weight is 348 g/mol. The molecule has 1 fully saturated rings. The maximum absolute atomic E-state index is 4.06. The summed E-state index contributed by atoms with van der Waals surface area (Å²) < 4.78 is 1.19. The van der Waals surface area contributed by atoms with Gasteiger partial charge in [-0.1, -0.05) is 28.1 Å². The molecular formula is C17H22BrN3. The third-order valence-corrected chi connectivity index (χ3v) is 4.94. The quantitative estimate of drug-likeness (QED) is 0.776. The number of H-pyrrole nitrogens is 1. The van der Waals surface area contributed by atoms with E-state index >= 15 is 0 Å². The molecule has 1 aliphatic carbocycles. The van der Waals surface area contributed by atoms with E-state index < -0.39 is 0 Å². The average Bonchev–Trinajstić information content (AvgIpc) is 2.82. The Kier molecular flexibility index (Phi) is 4.76. The van der Waals surface area contributed by atoms with Crippen LogP contribution in [0.3, 0.4) is 0 Å². The molecule has 0 radical (unpaired) electrons. The van der Waals surface area contributed by atoms with Gasteiger partial charge in [0, 0.05) is 16.2 Å². The zero-order valence-corrected chi connectivity index (χ0v) is 14.0. The smallest absolute Gasteiger partial charge is 0.0522 e. The minimum atomic E-state index is 0.694. The minimum Gasteiger partial charge on any atom is -0.314 e. The first-order chi connectivity index (χ1) is 10.2. The van der Waals surface area contributed by atoms with Crippen molar-refractivity contribution < 1.29 is 0 Å². The van der Waals surface area contributed by atoms with Gasteiger partial charge in [0.1, 0.15) is 0 Å². The molecule has 0 unspecified atom stereocenters. The van der Waals surface area contributed by atoms with Gasteiger partial charge in [0.25, 0.3) is 0 Å². The highest BCUT2D eigenvalue weighted by molar-refractivity contribution is 9.10. The molecule has 112 valence electrons. The molecule has 21 heavy (non-hydrogen) atoms. The van der Waals surface area contributed by atoms with Gasteiger partial charge < -0.3 is 5.32 Å². The van der Waals surface area contributed by atoms with Crippen LogP contribution in [0.1, 0.15) is 42.0 Å². The van der Waals surface area contributed by atoms with E-state index in [9.17, 15) is 0 Å². The zero-order chi connectivity index (χ0) is 14.7. The summed E-state index contributed by atoms with van der Waals surface area (Å²) in [7, 11) is 0. The lowest BCUT2D eigenvalue weighted by atomic mass is 9.76. The molecule has 1 aromatic heterocycles. The standard InChI is InChI=1S/C17H22BrN3/c1-12-14(11-20-21-12)5-3-7-19-17-9-15(10-17)13-4-2-6-16(18)8-13/h2,4,6,8,11,15,17,19H,3,5,7,9-10H2,1H3,(H,20,21). The third kappa shape index (κ3) is 3.74. The summed E-state index contributed by atoms with van der Waals surface area (Å²) in [6.45, 7) is 3.19. The van der Waals surface area contributed by atoms with Crippen molar-refractivity contribution in [3.8, 4) is 0 Å². The molecule has 4 heteroatoms. The maximum atomic E-state index is 4.06. The number of hydrogen-bond donors (Lipinski definition) is 2. The Morgan fingerprint density at radius 3 is 2.95 bits per heavy atom. The Hall–Kier alpha value is -1.13. The lowest BCUT2D eigenvalue weighted by Crippen LogP contribution is -2.40. The number of hydrogen-bond acceptors (Lipinski definition) is 2. The molecule has 0 amide bonds. The molecule has 2 aromatic rings. The Balaban J connectivity index is 1.35. The van der Waals surface area contributed by atoms with Crippen LogP contribution in [0.15, 0.2) is 34.9 Å². The van der Waals surface area contributed by atoms with Crippen LogP contribution >= 0.6 is 15.9 Å². The first kappa shape index (κ1) is 14.8. The fourth-order valence-corrected chi connectivity index (χ4v) is 3.45. The van der Waals surface area contributed by atoms with Crippen LogP contribution < -0.4 is 5.32 Å². The Labute approximate surface area is 134 Å². The van der Waals surface area contributed by atoms with E-state index in [0.717, 1.165) is 18.9 Å². The highest BCUT2D eigenvalue weighted by Gasteiger charge is 2.29. The predicted molar refractivity (Wildman–Crippen MR) is 89.6 cm³/mol. The molecule has 0 atom stereocenters. The Morgan fingerprint density at radius 1 is 1.38 bits per heavy atom. The van der Waals surface area contributed by atoms with Crippen molar-refractivity contribution in [1.29, 1.82) is 0 Å². The monoisotopic (exact) mass is 347 g/mol. The van der Waals surface area contributed by atoms with Gasteiger partial charge in [-0.3, -0.25) is 5.10 Å². The van der Waals surface area contributed by atoms with Crippen LogP contribution in [0.4, 0.5) is 0 Å². The van der Waals surface area contributed by atoms with Gasteiger partial charge in [0.05, 0.1) is 6.20 Å². The van der Waals surface area contributed by atoms with Gasteiger partial charge in [0.15, 0.2) is 0 Å². The van der Waals surface area contributed by atoms with Gasteiger partial charge in [-0.15, -0.1) is 0 Å². The summed E-state index contributed by atoms with van der Waals surface area (Å²) in [5.41, 5.74) is 4.02. The van der Waals surface area contributed by atoms with Gasteiger partial charge in [-0.05, 0) is 68.3 Å². The van der Waals surface area contributed by atoms with Crippen LogP contribution in [0.2, 0.25) is 0 Å². The van der Waals surface area contributed by atoms with E-state index in [1.54, 1.807) is 0 Å². The first-order valence-corrected chi connectivity index (χ1v) is 8.49. The minimum absolute atomic E-state index is 0.694. The molecular weight excluding hydrogens is 326 g/mol. The van der Waals surface area contributed by atoms with Gasteiger partial charge in [0.2, 0.25) is 0 Å². The van der Waals surface area contributed by atoms with E-state index in [1.165, 1.54) is 40.6 Å². The van der Waals surface area contributed by atoms with Gasteiger partial charge in [-0.2, -0.15) is 5.10 Å². The predicted octanol–water partition coefficient (Wildman–Crippen LogP) is 3.95. The van der Waals surface area contributed by atoms with E-state index in [1.807, 2.05) is 6.20 Å². The second-order valence-corrected chi connectivity index (χ2v) is 6.91. The van der Waals surface area contributed by atoms with Crippen molar-refractivity contribution in [1.82, 2.24) is 15.5 Å². The van der Waals surface area contributed by atoms with Crippen molar-refractivity contribution in [2.75, 3.05) is 6.54 Å². The van der Waals surface area contributed by atoms with E-state index in [0.29, 0.717) is 6.04 Å². The number of benzene rings is 1. The number of rotatable bonds is 6.